The third-order valence-corrected chi connectivity index (χ3v) is 3.36. The van der Waals surface area contributed by atoms with Crippen LogP contribution in [-0.4, -0.2) is 10.1 Å². The first-order chi connectivity index (χ1) is 8.79. The molecule has 0 spiro atoms. The molecule has 1 heterocycles. The van der Waals surface area contributed by atoms with Gasteiger partial charge in [0.25, 0.3) is 0 Å². The molecule has 0 aliphatic heterocycles. The van der Waals surface area contributed by atoms with Crippen LogP contribution in [0, 0.1) is 0 Å². The van der Waals surface area contributed by atoms with Crippen molar-refractivity contribution in [2.45, 2.75) is 0 Å². The number of aliphatic imine (C=N–C) groups is 1. The third kappa shape index (κ3) is 1.85. The molecule has 0 aliphatic carbocycles. The van der Waals surface area contributed by atoms with Gasteiger partial charge in [-0.2, -0.15) is 4.99 Å². The average molecular weight is 315 g/mol. The van der Waals surface area contributed by atoms with Crippen LogP contribution in [-0.2, 0) is 0 Å². The van der Waals surface area contributed by atoms with Crippen LogP contribution in [0.5, 0.6) is 0 Å². The van der Waals surface area contributed by atoms with Crippen molar-refractivity contribution in [1.82, 2.24) is 4.98 Å². The van der Waals surface area contributed by atoms with E-state index in [1.165, 1.54) is 0 Å². The Kier molecular flexibility index (Phi) is 2.92. The molecule has 0 unspecified atom stereocenters. The SMILES string of the molecule is S=C=Nc1c2ccccc2nc2ccc(Br)cc12. The molecule has 0 N–H and O–H groups in total. The Balaban J connectivity index is 2.59. The zero-order valence-corrected chi connectivity index (χ0v) is 11.6. The highest BCUT2D eigenvalue weighted by molar-refractivity contribution is 9.10. The van der Waals surface area contributed by atoms with E-state index in [-0.39, 0.29) is 0 Å². The van der Waals surface area contributed by atoms with Gasteiger partial charge in [0.1, 0.15) is 0 Å². The lowest BCUT2D eigenvalue weighted by Gasteiger charge is -2.06. The van der Waals surface area contributed by atoms with Crippen molar-refractivity contribution in [2.75, 3.05) is 0 Å². The Labute approximate surface area is 118 Å². The summed E-state index contributed by atoms with van der Waals surface area (Å²) in [6, 6.07) is 13.8. The van der Waals surface area contributed by atoms with Gasteiger partial charge in [-0.05, 0) is 36.5 Å². The van der Waals surface area contributed by atoms with E-state index in [2.05, 4.69) is 31.1 Å². The second-order valence-electron chi connectivity index (χ2n) is 3.84. The van der Waals surface area contributed by atoms with E-state index in [1.54, 1.807) is 0 Å². The molecule has 0 amide bonds. The van der Waals surface area contributed by atoms with Crippen molar-refractivity contribution in [3.8, 4) is 0 Å². The molecule has 0 saturated heterocycles. The van der Waals surface area contributed by atoms with Crippen molar-refractivity contribution in [2.24, 2.45) is 4.99 Å². The number of hydrogen-bond donors (Lipinski definition) is 0. The largest absolute Gasteiger partial charge is 0.248 e. The van der Waals surface area contributed by atoms with E-state index < -0.39 is 0 Å². The molecular weight excluding hydrogens is 308 g/mol. The summed E-state index contributed by atoms with van der Waals surface area (Å²) in [7, 11) is 0. The van der Waals surface area contributed by atoms with Crippen LogP contribution in [0.2, 0.25) is 0 Å². The average Bonchev–Trinajstić information content (AvgIpc) is 2.39. The summed E-state index contributed by atoms with van der Waals surface area (Å²) in [5, 5.41) is 4.41. The number of hydrogen-bond acceptors (Lipinski definition) is 3. The molecule has 2 nitrogen and oxygen atoms in total. The molecule has 0 bridgehead atoms. The van der Waals surface area contributed by atoms with Gasteiger partial charge in [0.05, 0.1) is 21.9 Å². The predicted octanol–water partition coefficient (Wildman–Crippen LogP) is 4.88. The minimum Gasteiger partial charge on any atom is -0.248 e. The Bertz CT molecular complexity index is 807. The highest BCUT2D eigenvalue weighted by Crippen LogP contribution is 2.34. The number of thiocarbonyl (C=S) groups is 1. The normalized spacial score (nSPS) is 10.5. The minimum absolute atomic E-state index is 0.826. The van der Waals surface area contributed by atoms with Crippen molar-refractivity contribution < 1.29 is 0 Å². The van der Waals surface area contributed by atoms with Crippen molar-refractivity contribution in [3.63, 3.8) is 0 Å². The number of benzene rings is 2. The number of pyridine rings is 1. The number of halogens is 1. The van der Waals surface area contributed by atoms with Crippen LogP contribution in [0.25, 0.3) is 21.8 Å². The first-order valence-corrected chi connectivity index (χ1v) is 6.55. The summed E-state index contributed by atoms with van der Waals surface area (Å²) in [5.74, 6) is 0. The lowest BCUT2D eigenvalue weighted by molar-refractivity contribution is 1.47. The van der Waals surface area contributed by atoms with Crippen LogP contribution in [0.3, 0.4) is 0 Å². The number of nitrogens with zero attached hydrogens (tertiary/aromatic N) is 2. The molecule has 3 aromatic rings. The molecule has 0 saturated carbocycles. The molecule has 3 rings (SSSR count). The van der Waals surface area contributed by atoms with Gasteiger partial charge in [-0.25, -0.2) is 4.98 Å². The highest BCUT2D eigenvalue weighted by atomic mass is 79.9. The Morgan fingerprint density at radius 2 is 1.83 bits per heavy atom. The fourth-order valence-electron chi connectivity index (χ4n) is 2.01. The summed E-state index contributed by atoms with van der Waals surface area (Å²) < 4.78 is 0.993. The lowest BCUT2D eigenvalue weighted by atomic mass is 10.1. The van der Waals surface area contributed by atoms with Gasteiger partial charge in [0.2, 0.25) is 0 Å². The molecule has 4 heteroatoms. The molecule has 0 radical (unpaired) electrons. The summed E-state index contributed by atoms with van der Waals surface area (Å²) in [5.41, 5.74) is 2.64. The van der Waals surface area contributed by atoms with Crippen LogP contribution in [0.1, 0.15) is 0 Å². The molecule has 0 aliphatic rings. The lowest BCUT2D eigenvalue weighted by Crippen LogP contribution is -1.84. The van der Waals surface area contributed by atoms with Gasteiger partial charge in [0, 0.05) is 15.2 Å². The van der Waals surface area contributed by atoms with Crippen LogP contribution in [0.15, 0.2) is 51.9 Å². The van der Waals surface area contributed by atoms with Crippen LogP contribution >= 0.6 is 28.1 Å². The third-order valence-electron chi connectivity index (χ3n) is 2.77. The maximum atomic E-state index is 4.74. The first-order valence-electron chi connectivity index (χ1n) is 5.35. The number of para-hydroxylation sites is 1. The van der Waals surface area contributed by atoms with Gasteiger partial charge < -0.3 is 0 Å². The van der Waals surface area contributed by atoms with Crippen molar-refractivity contribution in [1.29, 1.82) is 0 Å². The fraction of sp³-hybridized carbons (Fsp3) is 0. The van der Waals surface area contributed by atoms with Gasteiger partial charge in [-0.1, -0.05) is 34.1 Å². The molecule has 18 heavy (non-hydrogen) atoms. The number of aromatic nitrogens is 1. The van der Waals surface area contributed by atoms with E-state index in [0.29, 0.717) is 0 Å². The maximum Gasteiger partial charge on any atom is 0.0927 e. The van der Waals surface area contributed by atoms with Crippen molar-refractivity contribution >= 4 is 60.8 Å². The quantitative estimate of drug-likeness (QED) is 0.363. The van der Waals surface area contributed by atoms with E-state index in [1.807, 2.05) is 42.5 Å². The standard InChI is InChI=1S/C14H7BrN2S/c15-9-5-6-13-11(7-9)14(16-8-18)10-3-1-2-4-12(10)17-13/h1-7H. The maximum absolute atomic E-state index is 4.74. The Hall–Kier alpha value is -1.61. The topological polar surface area (TPSA) is 25.2 Å². The molecule has 2 aromatic carbocycles. The molecule has 86 valence electrons. The summed E-state index contributed by atoms with van der Waals surface area (Å²) in [6.45, 7) is 0. The Morgan fingerprint density at radius 1 is 1.06 bits per heavy atom. The van der Waals surface area contributed by atoms with E-state index >= 15 is 0 Å². The summed E-state index contributed by atoms with van der Waals surface area (Å²) >= 11 is 8.21. The zero-order chi connectivity index (χ0) is 12.5. The van der Waals surface area contributed by atoms with E-state index in [0.717, 1.165) is 32.0 Å². The van der Waals surface area contributed by atoms with Crippen LogP contribution in [0.4, 0.5) is 5.69 Å². The van der Waals surface area contributed by atoms with Gasteiger partial charge in [-0.3, -0.25) is 0 Å². The van der Waals surface area contributed by atoms with Crippen LogP contribution < -0.4 is 0 Å². The van der Waals surface area contributed by atoms with Gasteiger partial charge in [-0.15, -0.1) is 0 Å². The number of rotatable bonds is 1. The van der Waals surface area contributed by atoms with Gasteiger partial charge >= 0.3 is 0 Å². The number of isothiocyanates is 1. The highest BCUT2D eigenvalue weighted by Gasteiger charge is 2.08. The second-order valence-corrected chi connectivity index (χ2v) is 4.94. The Morgan fingerprint density at radius 3 is 2.67 bits per heavy atom. The predicted molar refractivity (Wildman–Crippen MR) is 81.6 cm³/mol. The molecule has 0 fully saturated rings. The summed E-state index contributed by atoms with van der Waals surface area (Å²) in [6.07, 6.45) is 0. The van der Waals surface area contributed by atoms with Gasteiger partial charge in [0.15, 0.2) is 0 Å². The van der Waals surface area contributed by atoms with E-state index in [4.69, 9.17) is 12.2 Å². The smallest absolute Gasteiger partial charge is 0.0927 e. The molecule has 0 atom stereocenters. The van der Waals surface area contributed by atoms with Crippen molar-refractivity contribution in [3.05, 3.63) is 46.9 Å². The van der Waals surface area contributed by atoms with E-state index in [9.17, 15) is 0 Å². The number of fused-ring (bicyclic) bond motifs is 2. The second kappa shape index (κ2) is 4.58. The monoisotopic (exact) mass is 314 g/mol. The first kappa shape index (κ1) is 11.5. The summed E-state index contributed by atoms with van der Waals surface area (Å²) in [4.78, 5) is 8.83. The molecular formula is C14H7BrN2S. The fourth-order valence-corrected chi connectivity index (χ4v) is 2.46. The minimum atomic E-state index is 0.826. The molecule has 1 aromatic heterocycles. The zero-order valence-electron chi connectivity index (χ0n) is 9.22.